The van der Waals surface area contributed by atoms with Crippen molar-refractivity contribution in [2.75, 3.05) is 6.54 Å². The first-order valence-electron chi connectivity index (χ1n) is 9.09. The van der Waals surface area contributed by atoms with Crippen LogP contribution in [-0.4, -0.2) is 36.7 Å². The fourth-order valence-corrected chi connectivity index (χ4v) is 3.33. The van der Waals surface area contributed by atoms with E-state index in [4.69, 9.17) is 16.6 Å². The third kappa shape index (κ3) is 4.59. The summed E-state index contributed by atoms with van der Waals surface area (Å²) in [7, 11) is 0. The number of rotatable bonds is 9. The average Bonchev–Trinajstić information content (AvgIpc) is 3.20. The second-order valence-corrected chi connectivity index (χ2v) is 6.71. The highest BCUT2D eigenvalue weighted by molar-refractivity contribution is 7.71. The largest absolute Gasteiger partial charge is 0.419 e. The average molecular weight is 420 g/mol. The molecule has 0 saturated carbocycles. The highest BCUT2D eigenvalue weighted by Crippen LogP contribution is 2.20. The predicted octanol–water partition coefficient (Wildman–Crippen LogP) is 1.92. The van der Waals surface area contributed by atoms with Gasteiger partial charge in [-0.15, -0.1) is 0 Å². The number of aromatic nitrogens is 4. The number of nitrogens with zero attached hydrogens (tertiary/aromatic N) is 4. The second kappa shape index (κ2) is 8.82. The number of nitrogens with one attached hydrogen (secondary N) is 2. The second-order valence-electron chi connectivity index (χ2n) is 6.32. The lowest BCUT2D eigenvalue weighted by Crippen LogP contribution is -2.27. The molecule has 0 bridgehead atoms. The van der Waals surface area contributed by atoms with Gasteiger partial charge in [-0.3, -0.25) is 24.6 Å². The Hall–Kier alpha value is -3.28. The number of carbonyl (C=O) groups excluding carboxylic acids is 1. The summed E-state index contributed by atoms with van der Waals surface area (Å²) in [5.74, 6) is 0.0326. The van der Waals surface area contributed by atoms with Crippen molar-refractivity contribution in [3.63, 3.8) is 0 Å². The molecule has 0 aliphatic rings. The molecule has 29 heavy (non-hydrogen) atoms. The third-order valence-electron chi connectivity index (χ3n) is 4.47. The molecule has 0 spiro atoms. The van der Waals surface area contributed by atoms with Gasteiger partial charge >= 0.3 is 5.76 Å². The van der Waals surface area contributed by atoms with E-state index in [0.717, 1.165) is 5.82 Å². The standard InChI is InChI=1S/C17H20N6O5S/c1-2-21-14(19-20-16(21)29)7-8-18-15(24)4-3-9-22-12-6-5-11(23(26)27)10-13(12)28-17(22)25/h5-6,10H,2-4,7-9H2,1H3,(H,18,24)(H,20,29). The van der Waals surface area contributed by atoms with E-state index < -0.39 is 10.7 Å². The predicted molar refractivity (Wildman–Crippen MR) is 106 cm³/mol. The van der Waals surface area contributed by atoms with Crippen molar-refractivity contribution in [1.29, 1.82) is 0 Å². The lowest BCUT2D eigenvalue weighted by Gasteiger charge is -2.06. The van der Waals surface area contributed by atoms with Gasteiger partial charge in [0.05, 0.1) is 16.5 Å². The molecule has 1 aromatic carbocycles. The summed E-state index contributed by atoms with van der Waals surface area (Å²) in [6.45, 7) is 3.37. The number of carbonyl (C=O) groups is 1. The van der Waals surface area contributed by atoms with Crippen LogP contribution in [0.4, 0.5) is 5.69 Å². The molecule has 1 amide bonds. The number of benzene rings is 1. The van der Waals surface area contributed by atoms with Crippen molar-refractivity contribution in [1.82, 2.24) is 24.6 Å². The van der Waals surface area contributed by atoms with E-state index in [1.807, 2.05) is 11.5 Å². The number of fused-ring (bicyclic) bond motifs is 1. The van der Waals surface area contributed by atoms with Gasteiger partial charge in [0.2, 0.25) is 5.91 Å². The van der Waals surface area contributed by atoms with Crippen LogP contribution >= 0.6 is 12.2 Å². The van der Waals surface area contributed by atoms with E-state index in [1.54, 1.807) is 0 Å². The maximum Gasteiger partial charge on any atom is 0.419 e. The normalized spacial score (nSPS) is 11.1. The molecule has 0 aliphatic heterocycles. The van der Waals surface area contributed by atoms with E-state index in [2.05, 4.69) is 15.5 Å². The number of aryl methyl sites for hydroxylation is 1. The Bertz CT molecular complexity index is 1160. The molecule has 2 N–H and O–H groups in total. The number of H-pyrrole nitrogens is 1. The van der Waals surface area contributed by atoms with Crippen LogP contribution < -0.4 is 11.1 Å². The van der Waals surface area contributed by atoms with Crippen molar-refractivity contribution in [3.05, 3.63) is 49.5 Å². The molecule has 154 valence electrons. The monoisotopic (exact) mass is 420 g/mol. The number of non-ortho nitro benzene ring substituents is 1. The van der Waals surface area contributed by atoms with Gasteiger partial charge < -0.3 is 14.3 Å². The summed E-state index contributed by atoms with van der Waals surface area (Å²) in [5.41, 5.74) is 0.462. The van der Waals surface area contributed by atoms with Gasteiger partial charge in [-0.05, 0) is 31.6 Å². The zero-order valence-corrected chi connectivity index (χ0v) is 16.5. The van der Waals surface area contributed by atoms with E-state index in [0.29, 0.717) is 36.2 Å². The molecule has 3 aromatic rings. The summed E-state index contributed by atoms with van der Waals surface area (Å²) in [5, 5.41) is 20.5. The zero-order valence-electron chi connectivity index (χ0n) is 15.7. The first kappa shape index (κ1) is 20.5. The van der Waals surface area contributed by atoms with Crippen LogP contribution in [0.25, 0.3) is 11.1 Å². The number of aromatic amines is 1. The summed E-state index contributed by atoms with van der Waals surface area (Å²) >= 11 is 5.12. The van der Waals surface area contributed by atoms with Gasteiger partial charge in [-0.1, -0.05) is 0 Å². The number of oxazole rings is 1. The fourth-order valence-electron chi connectivity index (χ4n) is 3.05. The zero-order chi connectivity index (χ0) is 21.0. The Morgan fingerprint density at radius 3 is 2.93 bits per heavy atom. The SMILES string of the molecule is CCn1c(CCNC(=O)CCCn2c(=O)oc3cc([N+](=O)[O-])ccc32)n[nH]c1=S. The quantitative estimate of drug-likeness (QED) is 0.306. The molecule has 12 heteroatoms. The molecular weight excluding hydrogens is 400 g/mol. The minimum atomic E-state index is -0.608. The number of hydrogen-bond donors (Lipinski definition) is 2. The van der Waals surface area contributed by atoms with Gasteiger partial charge in [0, 0.05) is 38.5 Å². The minimum absolute atomic E-state index is 0.140. The molecule has 0 radical (unpaired) electrons. The summed E-state index contributed by atoms with van der Waals surface area (Å²) in [4.78, 5) is 34.3. The van der Waals surface area contributed by atoms with Crippen LogP contribution in [0.15, 0.2) is 27.4 Å². The Kier molecular flexibility index (Phi) is 6.22. The van der Waals surface area contributed by atoms with Crippen LogP contribution in [0.2, 0.25) is 0 Å². The van der Waals surface area contributed by atoms with Crippen molar-refractivity contribution in [2.45, 2.75) is 39.3 Å². The van der Waals surface area contributed by atoms with Crippen LogP contribution in [-0.2, 0) is 24.3 Å². The lowest BCUT2D eigenvalue weighted by atomic mass is 10.2. The molecular formula is C17H20N6O5S. The Morgan fingerprint density at radius 1 is 1.41 bits per heavy atom. The summed E-state index contributed by atoms with van der Waals surface area (Å²) < 4.78 is 8.85. The molecule has 0 saturated heterocycles. The van der Waals surface area contributed by atoms with Gasteiger partial charge in [0.1, 0.15) is 5.82 Å². The molecule has 0 atom stereocenters. The van der Waals surface area contributed by atoms with Crippen LogP contribution in [0.3, 0.4) is 0 Å². The maximum absolute atomic E-state index is 12.0. The molecule has 3 rings (SSSR count). The van der Waals surface area contributed by atoms with Crippen molar-refractivity contribution >= 4 is 34.9 Å². The van der Waals surface area contributed by atoms with Crippen molar-refractivity contribution in [3.8, 4) is 0 Å². The lowest BCUT2D eigenvalue weighted by molar-refractivity contribution is -0.384. The van der Waals surface area contributed by atoms with Gasteiger partial charge in [0.25, 0.3) is 5.69 Å². The summed E-state index contributed by atoms with van der Waals surface area (Å²) in [6, 6.07) is 4.00. The first-order valence-corrected chi connectivity index (χ1v) is 9.50. The Morgan fingerprint density at radius 2 is 2.21 bits per heavy atom. The van der Waals surface area contributed by atoms with E-state index >= 15 is 0 Å². The number of nitro groups is 1. The molecule has 11 nitrogen and oxygen atoms in total. The van der Waals surface area contributed by atoms with Gasteiger partial charge in [0.15, 0.2) is 10.4 Å². The smallest absolute Gasteiger partial charge is 0.407 e. The number of hydrogen-bond acceptors (Lipinski definition) is 7. The number of amides is 1. The van der Waals surface area contributed by atoms with Crippen LogP contribution in [0.1, 0.15) is 25.6 Å². The minimum Gasteiger partial charge on any atom is -0.407 e. The topological polar surface area (TPSA) is 141 Å². The van der Waals surface area contributed by atoms with Crippen molar-refractivity contribution < 1.29 is 14.1 Å². The third-order valence-corrected chi connectivity index (χ3v) is 4.78. The van der Waals surface area contributed by atoms with Crippen molar-refractivity contribution in [2.24, 2.45) is 0 Å². The van der Waals surface area contributed by atoms with Crippen LogP contribution in [0.5, 0.6) is 0 Å². The Balaban J connectivity index is 1.51. The van der Waals surface area contributed by atoms with E-state index in [9.17, 15) is 19.7 Å². The van der Waals surface area contributed by atoms with Gasteiger partial charge in [-0.2, -0.15) is 5.10 Å². The molecule has 0 unspecified atom stereocenters. The maximum atomic E-state index is 12.0. The molecule has 2 heterocycles. The molecule has 2 aromatic heterocycles. The van der Waals surface area contributed by atoms with E-state index in [1.165, 1.54) is 22.8 Å². The summed E-state index contributed by atoms with van der Waals surface area (Å²) in [6.07, 6.45) is 1.20. The number of nitro benzene ring substituents is 1. The fraction of sp³-hybridized carbons (Fsp3) is 0.412. The van der Waals surface area contributed by atoms with Gasteiger partial charge in [-0.25, -0.2) is 4.79 Å². The van der Waals surface area contributed by atoms with E-state index in [-0.39, 0.29) is 30.1 Å². The highest BCUT2D eigenvalue weighted by Gasteiger charge is 2.14. The Labute approximate surface area is 169 Å². The molecule has 0 aliphatic carbocycles. The highest BCUT2D eigenvalue weighted by atomic mass is 32.1. The molecule has 0 fully saturated rings. The first-order chi connectivity index (χ1) is 13.9. The van der Waals surface area contributed by atoms with Crippen LogP contribution in [0, 0.1) is 14.9 Å².